The van der Waals surface area contributed by atoms with E-state index in [9.17, 15) is 0 Å². The summed E-state index contributed by atoms with van der Waals surface area (Å²) in [5.74, 6) is 1.81. The fraction of sp³-hybridized carbons (Fsp3) is 0.692. The molecule has 0 spiro atoms. The summed E-state index contributed by atoms with van der Waals surface area (Å²) in [7, 11) is 0. The first kappa shape index (κ1) is 11.7. The molecule has 0 saturated carbocycles. The van der Waals surface area contributed by atoms with Crippen LogP contribution in [-0.2, 0) is 6.42 Å². The van der Waals surface area contributed by atoms with Crippen molar-refractivity contribution in [2.45, 2.75) is 26.3 Å². The molecule has 1 aliphatic heterocycles. The molecule has 1 aliphatic rings. The van der Waals surface area contributed by atoms with Gasteiger partial charge in [0, 0.05) is 38.6 Å². The molecule has 1 aromatic heterocycles. The summed E-state index contributed by atoms with van der Waals surface area (Å²) in [5.41, 5.74) is 0. The van der Waals surface area contributed by atoms with Crippen molar-refractivity contribution in [1.29, 1.82) is 0 Å². The van der Waals surface area contributed by atoms with E-state index in [1.165, 1.54) is 6.54 Å². The van der Waals surface area contributed by atoms with Crippen molar-refractivity contribution in [2.24, 2.45) is 5.92 Å². The minimum Gasteiger partial charge on any atom is -0.469 e. The van der Waals surface area contributed by atoms with E-state index in [0.717, 1.165) is 31.8 Å². The van der Waals surface area contributed by atoms with Gasteiger partial charge in [-0.2, -0.15) is 0 Å². The van der Waals surface area contributed by atoms with Gasteiger partial charge < -0.3 is 14.6 Å². The molecule has 1 unspecified atom stereocenters. The minimum atomic E-state index is 0.644. The molecule has 1 saturated heterocycles. The fourth-order valence-electron chi connectivity index (χ4n) is 2.21. The lowest BCUT2D eigenvalue weighted by molar-refractivity contribution is 0.174. The van der Waals surface area contributed by atoms with Gasteiger partial charge >= 0.3 is 0 Å². The third-order valence-electron chi connectivity index (χ3n) is 3.35. The van der Waals surface area contributed by atoms with Gasteiger partial charge in [-0.05, 0) is 18.1 Å². The number of furan rings is 1. The number of rotatable bonds is 4. The molecule has 0 amide bonds. The van der Waals surface area contributed by atoms with E-state index in [-0.39, 0.29) is 0 Å². The van der Waals surface area contributed by atoms with Crippen molar-refractivity contribution in [3.8, 4) is 0 Å². The topological polar surface area (TPSA) is 28.4 Å². The van der Waals surface area contributed by atoms with E-state index in [2.05, 4.69) is 30.1 Å². The van der Waals surface area contributed by atoms with Crippen LogP contribution in [0.5, 0.6) is 0 Å². The third-order valence-corrected chi connectivity index (χ3v) is 3.35. The summed E-state index contributed by atoms with van der Waals surface area (Å²) >= 11 is 0. The zero-order valence-corrected chi connectivity index (χ0v) is 10.3. The van der Waals surface area contributed by atoms with Crippen LogP contribution in [0.15, 0.2) is 22.8 Å². The van der Waals surface area contributed by atoms with Gasteiger partial charge in [-0.3, -0.25) is 0 Å². The van der Waals surface area contributed by atoms with E-state index in [0.29, 0.717) is 12.0 Å². The van der Waals surface area contributed by atoms with Crippen molar-refractivity contribution < 1.29 is 4.42 Å². The molecule has 0 radical (unpaired) electrons. The van der Waals surface area contributed by atoms with Gasteiger partial charge in [0.1, 0.15) is 5.76 Å². The minimum absolute atomic E-state index is 0.644. The maximum Gasteiger partial charge on any atom is 0.105 e. The first-order valence-electron chi connectivity index (χ1n) is 6.24. The molecule has 0 aromatic carbocycles. The summed E-state index contributed by atoms with van der Waals surface area (Å²) in [6, 6.07) is 4.66. The number of nitrogens with zero attached hydrogens (tertiary/aromatic N) is 1. The summed E-state index contributed by atoms with van der Waals surface area (Å²) in [4.78, 5) is 2.53. The Bertz CT molecular complexity index is 295. The molecule has 2 rings (SSSR count). The van der Waals surface area contributed by atoms with Gasteiger partial charge in [0.25, 0.3) is 0 Å². The molecule has 2 heterocycles. The Balaban J connectivity index is 1.77. The van der Waals surface area contributed by atoms with Crippen LogP contribution in [0.3, 0.4) is 0 Å². The Morgan fingerprint density at radius 2 is 2.44 bits per heavy atom. The van der Waals surface area contributed by atoms with Gasteiger partial charge in [-0.15, -0.1) is 0 Å². The maximum absolute atomic E-state index is 5.36. The zero-order chi connectivity index (χ0) is 11.4. The summed E-state index contributed by atoms with van der Waals surface area (Å²) in [5, 5.41) is 3.58. The molecule has 3 heteroatoms. The summed E-state index contributed by atoms with van der Waals surface area (Å²) in [6.07, 6.45) is 2.78. The summed E-state index contributed by atoms with van der Waals surface area (Å²) < 4.78 is 5.36. The molecule has 0 aliphatic carbocycles. The lowest BCUT2D eigenvalue weighted by atomic mass is 10.0. The average molecular weight is 222 g/mol. The quantitative estimate of drug-likeness (QED) is 0.841. The van der Waals surface area contributed by atoms with Crippen LogP contribution < -0.4 is 5.32 Å². The van der Waals surface area contributed by atoms with Crippen molar-refractivity contribution in [3.05, 3.63) is 24.2 Å². The molecule has 1 fully saturated rings. The van der Waals surface area contributed by atoms with Gasteiger partial charge in [-0.1, -0.05) is 13.8 Å². The normalized spacial score (nSPS) is 22.8. The highest BCUT2D eigenvalue weighted by molar-refractivity contribution is 4.98. The highest BCUT2D eigenvalue weighted by atomic mass is 16.3. The smallest absolute Gasteiger partial charge is 0.105 e. The van der Waals surface area contributed by atoms with E-state index in [1.807, 2.05) is 6.07 Å². The van der Waals surface area contributed by atoms with Crippen LogP contribution in [0.1, 0.15) is 19.6 Å². The van der Waals surface area contributed by atoms with Gasteiger partial charge in [-0.25, -0.2) is 0 Å². The molecule has 1 aromatic rings. The first-order chi connectivity index (χ1) is 7.75. The number of hydrogen-bond acceptors (Lipinski definition) is 3. The van der Waals surface area contributed by atoms with Crippen LogP contribution in [0.25, 0.3) is 0 Å². The number of nitrogens with one attached hydrogen (secondary N) is 1. The highest BCUT2D eigenvalue weighted by Crippen LogP contribution is 2.09. The molecular weight excluding hydrogens is 200 g/mol. The third kappa shape index (κ3) is 3.09. The van der Waals surface area contributed by atoms with E-state index in [1.54, 1.807) is 6.26 Å². The predicted molar refractivity (Wildman–Crippen MR) is 65.5 cm³/mol. The Hall–Kier alpha value is -0.800. The highest BCUT2D eigenvalue weighted by Gasteiger charge is 2.21. The van der Waals surface area contributed by atoms with Crippen molar-refractivity contribution in [1.82, 2.24) is 10.2 Å². The molecule has 0 bridgehead atoms. The SMILES string of the molecule is CC(C)C1CN(CCc2ccco2)CCN1. The van der Waals surface area contributed by atoms with Crippen molar-refractivity contribution in [3.63, 3.8) is 0 Å². The van der Waals surface area contributed by atoms with Crippen molar-refractivity contribution in [2.75, 3.05) is 26.2 Å². The molecule has 3 nitrogen and oxygen atoms in total. The molecular formula is C13H22N2O. The molecule has 1 N–H and O–H groups in total. The van der Waals surface area contributed by atoms with Gasteiger partial charge in [0.15, 0.2) is 0 Å². The fourth-order valence-corrected chi connectivity index (χ4v) is 2.21. The monoisotopic (exact) mass is 222 g/mol. The largest absolute Gasteiger partial charge is 0.469 e. The van der Waals surface area contributed by atoms with Crippen LogP contribution in [0, 0.1) is 5.92 Å². The Morgan fingerprint density at radius 3 is 3.12 bits per heavy atom. The predicted octanol–water partition coefficient (Wildman–Crippen LogP) is 1.75. The standard InChI is InChI=1S/C13H22N2O/c1-11(2)13-10-15(8-6-14-13)7-5-12-4-3-9-16-12/h3-4,9,11,13-14H,5-8,10H2,1-2H3. The van der Waals surface area contributed by atoms with E-state index >= 15 is 0 Å². The number of piperazine rings is 1. The number of hydrogen-bond donors (Lipinski definition) is 1. The van der Waals surface area contributed by atoms with Crippen LogP contribution in [0.4, 0.5) is 0 Å². The van der Waals surface area contributed by atoms with E-state index < -0.39 is 0 Å². The zero-order valence-electron chi connectivity index (χ0n) is 10.3. The van der Waals surface area contributed by atoms with E-state index in [4.69, 9.17) is 4.42 Å². The Morgan fingerprint density at radius 1 is 1.56 bits per heavy atom. The van der Waals surface area contributed by atoms with Crippen LogP contribution in [-0.4, -0.2) is 37.1 Å². The first-order valence-corrected chi connectivity index (χ1v) is 6.24. The van der Waals surface area contributed by atoms with Gasteiger partial charge in [0.05, 0.1) is 6.26 Å². The maximum atomic E-state index is 5.36. The van der Waals surface area contributed by atoms with Crippen LogP contribution >= 0.6 is 0 Å². The van der Waals surface area contributed by atoms with Gasteiger partial charge in [0.2, 0.25) is 0 Å². The van der Waals surface area contributed by atoms with Crippen LogP contribution in [0.2, 0.25) is 0 Å². The Kier molecular flexibility index (Phi) is 4.02. The average Bonchev–Trinajstić information content (AvgIpc) is 2.79. The lowest BCUT2D eigenvalue weighted by Gasteiger charge is -2.35. The Labute approximate surface area is 97.8 Å². The second-order valence-electron chi connectivity index (χ2n) is 4.93. The lowest BCUT2D eigenvalue weighted by Crippen LogP contribution is -2.53. The second kappa shape index (κ2) is 5.51. The summed E-state index contributed by atoms with van der Waals surface area (Å²) in [6.45, 7) is 9.11. The second-order valence-corrected chi connectivity index (χ2v) is 4.93. The molecule has 16 heavy (non-hydrogen) atoms. The molecule has 1 atom stereocenters. The van der Waals surface area contributed by atoms with Crippen molar-refractivity contribution >= 4 is 0 Å². The molecule has 90 valence electrons.